The van der Waals surface area contributed by atoms with Gasteiger partial charge in [0.25, 0.3) is 5.91 Å². The summed E-state index contributed by atoms with van der Waals surface area (Å²) < 4.78 is 47.3. The summed E-state index contributed by atoms with van der Waals surface area (Å²) in [6, 6.07) is 8.87. The predicted octanol–water partition coefficient (Wildman–Crippen LogP) is 4.75. The van der Waals surface area contributed by atoms with Crippen LogP contribution in [0.5, 0.6) is 0 Å². The lowest BCUT2D eigenvalue weighted by molar-refractivity contribution is -0.269. The van der Waals surface area contributed by atoms with Crippen LogP contribution in [-0.4, -0.2) is 27.9 Å². The van der Waals surface area contributed by atoms with Gasteiger partial charge in [-0.2, -0.15) is 13.2 Å². The molecule has 1 aliphatic carbocycles. The Morgan fingerprint density at radius 1 is 1.24 bits per heavy atom. The van der Waals surface area contributed by atoms with E-state index in [1.165, 1.54) is 18.2 Å². The van der Waals surface area contributed by atoms with Crippen LogP contribution < -0.4 is 10.9 Å². The smallest absolute Gasteiger partial charge is 0.372 e. The highest BCUT2D eigenvalue weighted by molar-refractivity contribution is 6.31. The Hall–Kier alpha value is -2.91. The number of aryl methyl sites for hydroxylation is 1. The third kappa shape index (κ3) is 3.79. The normalized spacial score (nSPS) is 20.2. The van der Waals surface area contributed by atoms with E-state index in [0.717, 1.165) is 5.56 Å². The lowest BCUT2D eigenvalue weighted by Gasteiger charge is -2.42. The largest absolute Gasteiger partial charge is 0.426 e. The van der Waals surface area contributed by atoms with E-state index in [-0.39, 0.29) is 23.9 Å². The van der Waals surface area contributed by atoms with Crippen molar-refractivity contribution in [1.82, 2.24) is 5.16 Å². The molecule has 1 heterocycles. The van der Waals surface area contributed by atoms with E-state index >= 15 is 0 Å². The molecule has 0 aliphatic heterocycles. The maximum atomic E-state index is 14.2. The number of hydrogen-bond donors (Lipinski definition) is 2. The van der Waals surface area contributed by atoms with Crippen molar-refractivity contribution < 1.29 is 27.6 Å². The van der Waals surface area contributed by atoms with Gasteiger partial charge in [0.15, 0.2) is 0 Å². The number of carbonyl (C=O) groups excluding carboxylic acids is 1. The van der Waals surface area contributed by atoms with E-state index in [1.807, 2.05) is 0 Å². The van der Waals surface area contributed by atoms with Gasteiger partial charge in [0, 0.05) is 22.0 Å². The molecule has 2 aromatic carbocycles. The summed E-state index contributed by atoms with van der Waals surface area (Å²) in [7, 11) is 0. The molecule has 3 atom stereocenters. The highest BCUT2D eigenvalue weighted by Crippen LogP contribution is 2.49. The molecule has 1 amide bonds. The lowest BCUT2D eigenvalue weighted by Crippen LogP contribution is -2.61. The number of nitrogens with one attached hydrogen (secondary N) is 1. The highest BCUT2D eigenvalue weighted by Gasteiger charge is 2.65. The second-order valence-electron chi connectivity index (χ2n) is 8.28. The van der Waals surface area contributed by atoms with Crippen molar-refractivity contribution in [2.24, 2.45) is 5.92 Å². The maximum Gasteiger partial charge on any atom is 0.426 e. The van der Waals surface area contributed by atoms with Crippen molar-refractivity contribution in [2.45, 2.75) is 44.4 Å². The summed E-state index contributed by atoms with van der Waals surface area (Å²) in [6.45, 7) is 3.10. The monoisotopic (exact) mass is 480 g/mol. The first-order chi connectivity index (χ1) is 15.4. The van der Waals surface area contributed by atoms with Crippen molar-refractivity contribution >= 4 is 34.0 Å². The fraction of sp³-hybridized carbons (Fsp3) is 0.348. The van der Waals surface area contributed by atoms with Gasteiger partial charge in [-0.15, -0.1) is 0 Å². The summed E-state index contributed by atoms with van der Waals surface area (Å²) in [5.41, 5.74) is -2.75. The number of hydrogen-bond acceptors (Lipinski definition) is 5. The van der Waals surface area contributed by atoms with Gasteiger partial charge >= 0.3 is 11.8 Å². The molecule has 0 fully saturated rings. The lowest BCUT2D eigenvalue weighted by atomic mass is 9.67. The number of alkyl halides is 3. The standard InChI is InChI=1S/C23H20ClF3N2O4/c1-11-14-4-3-5-19(24)15(14)8-9-18(11)22(32,23(25,26)27)21(31)28-13-6-7-16-17(10-13)12(2)29-33-20(16)30/h3-7,10-11,18,32H,8-9H2,1-2H3,(H,28,31)/t11?,18?,22-/m1/s1. The van der Waals surface area contributed by atoms with E-state index in [2.05, 4.69) is 15.0 Å². The Balaban J connectivity index is 1.72. The average Bonchev–Trinajstić information content (AvgIpc) is 2.76. The first-order valence-corrected chi connectivity index (χ1v) is 10.6. The van der Waals surface area contributed by atoms with Crippen LogP contribution in [0.25, 0.3) is 10.8 Å². The first kappa shape index (κ1) is 23.3. The molecule has 6 nitrogen and oxygen atoms in total. The first-order valence-electron chi connectivity index (χ1n) is 10.2. The minimum absolute atomic E-state index is 0.0161. The molecule has 0 saturated heterocycles. The van der Waals surface area contributed by atoms with E-state index in [9.17, 15) is 27.9 Å². The van der Waals surface area contributed by atoms with E-state index in [4.69, 9.17) is 11.6 Å². The van der Waals surface area contributed by atoms with Crippen LogP contribution in [0.15, 0.2) is 45.7 Å². The van der Waals surface area contributed by atoms with Crippen LogP contribution in [0.4, 0.5) is 18.9 Å². The minimum Gasteiger partial charge on any atom is -0.372 e. The summed E-state index contributed by atoms with van der Waals surface area (Å²) >= 11 is 6.20. The summed E-state index contributed by atoms with van der Waals surface area (Å²) in [5, 5.41) is 17.6. The molecule has 0 spiro atoms. The maximum absolute atomic E-state index is 14.2. The second-order valence-corrected chi connectivity index (χ2v) is 8.68. The van der Waals surface area contributed by atoms with Gasteiger partial charge < -0.3 is 14.9 Å². The van der Waals surface area contributed by atoms with Crippen LogP contribution in [0.3, 0.4) is 0 Å². The van der Waals surface area contributed by atoms with Crippen LogP contribution in [-0.2, 0) is 11.2 Å². The van der Waals surface area contributed by atoms with Gasteiger partial charge in [0.2, 0.25) is 5.60 Å². The number of nitrogens with zero attached hydrogens (tertiary/aromatic N) is 1. The Kier molecular flexibility index (Phi) is 5.74. The molecule has 10 heteroatoms. The number of carbonyl (C=O) groups is 1. The van der Waals surface area contributed by atoms with Crippen molar-refractivity contribution in [3.8, 4) is 0 Å². The molecule has 1 aromatic heterocycles. The molecule has 0 bridgehead atoms. The minimum atomic E-state index is -5.23. The Labute approximate surface area is 191 Å². The molecule has 0 saturated carbocycles. The topological polar surface area (TPSA) is 92.4 Å². The average molecular weight is 481 g/mol. The van der Waals surface area contributed by atoms with Crippen molar-refractivity contribution in [3.63, 3.8) is 0 Å². The number of fused-ring (bicyclic) bond motifs is 2. The zero-order valence-corrected chi connectivity index (χ0v) is 18.4. The SMILES string of the molecule is Cc1noc(=O)c2ccc(NC(=O)[C@](O)(C3CCc4c(Cl)cccc4C3C)C(F)(F)F)cc12. The fourth-order valence-electron chi connectivity index (χ4n) is 4.64. The Morgan fingerprint density at radius 3 is 2.67 bits per heavy atom. The van der Waals surface area contributed by atoms with Gasteiger partial charge in [0.1, 0.15) is 0 Å². The number of amides is 1. The summed E-state index contributed by atoms with van der Waals surface area (Å²) in [6.07, 6.45) is -5.11. The number of aromatic nitrogens is 1. The van der Waals surface area contributed by atoms with Crippen molar-refractivity contribution in [3.05, 3.63) is 68.7 Å². The predicted molar refractivity (Wildman–Crippen MR) is 116 cm³/mol. The van der Waals surface area contributed by atoms with E-state index in [0.29, 0.717) is 21.7 Å². The second kappa shape index (κ2) is 8.14. The molecule has 33 heavy (non-hydrogen) atoms. The number of rotatable bonds is 3. The van der Waals surface area contributed by atoms with Crippen LogP contribution in [0.1, 0.15) is 36.1 Å². The molecule has 3 aromatic rings. The molecule has 1 aliphatic rings. The van der Waals surface area contributed by atoms with Crippen LogP contribution in [0, 0.1) is 12.8 Å². The molecule has 2 N–H and O–H groups in total. The Morgan fingerprint density at radius 2 is 1.97 bits per heavy atom. The molecular formula is C23H20ClF3N2O4. The third-order valence-electron chi connectivity index (χ3n) is 6.42. The van der Waals surface area contributed by atoms with Crippen LogP contribution >= 0.6 is 11.6 Å². The van der Waals surface area contributed by atoms with Gasteiger partial charge in [-0.05, 0) is 61.1 Å². The molecule has 4 rings (SSSR count). The quantitative estimate of drug-likeness (QED) is 0.564. The number of halogens is 4. The highest BCUT2D eigenvalue weighted by atomic mass is 35.5. The van der Waals surface area contributed by atoms with E-state index < -0.39 is 35.1 Å². The zero-order valence-electron chi connectivity index (χ0n) is 17.7. The van der Waals surface area contributed by atoms with Crippen molar-refractivity contribution in [1.29, 1.82) is 0 Å². The Bertz CT molecular complexity index is 1310. The fourth-order valence-corrected chi connectivity index (χ4v) is 4.92. The van der Waals surface area contributed by atoms with Gasteiger partial charge in [-0.1, -0.05) is 35.8 Å². The van der Waals surface area contributed by atoms with Crippen molar-refractivity contribution in [2.75, 3.05) is 5.32 Å². The van der Waals surface area contributed by atoms with Gasteiger partial charge in [0.05, 0.1) is 11.1 Å². The van der Waals surface area contributed by atoms with Crippen LogP contribution in [0.2, 0.25) is 5.02 Å². The third-order valence-corrected chi connectivity index (χ3v) is 6.78. The molecule has 174 valence electrons. The number of anilines is 1. The molecular weight excluding hydrogens is 461 g/mol. The number of benzene rings is 2. The summed E-state index contributed by atoms with van der Waals surface area (Å²) in [5.74, 6) is -3.80. The van der Waals surface area contributed by atoms with Gasteiger partial charge in [-0.25, -0.2) is 4.79 Å². The number of aliphatic hydroxyl groups is 1. The zero-order chi connectivity index (χ0) is 24.1. The summed E-state index contributed by atoms with van der Waals surface area (Å²) in [4.78, 5) is 24.8. The molecule has 0 radical (unpaired) electrons. The molecule has 2 unspecified atom stereocenters. The van der Waals surface area contributed by atoms with Gasteiger partial charge in [-0.3, -0.25) is 4.79 Å². The van der Waals surface area contributed by atoms with E-state index in [1.54, 1.807) is 32.0 Å².